The number of benzene rings is 2. The van der Waals surface area contributed by atoms with Gasteiger partial charge in [-0.15, -0.1) is 0 Å². The summed E-state index contributed by atoms with van der Waals surface area (Å²) < 4.78 is 5.09. The normalized spacial score (nSPS) is 11.8. The highest BCUT2D eigenvalue weighted by atomic mass is 35.5. The molecule has 0 radical (unpaired) electrons. The van der Waals surface area contributed by atoms with Crippen molar-refractivity contribution >= 4 is 17.5 Å². The minimum Gasteiger partial charge on any atom is -0.495 e. The fourth-order valence-electron chi connectivity index (χ4n) is 1.96. The van der Waals surface area contributed by atoms with Crippen LogP contribution in [-0.4, -0.2) is 24.7 Å². The molecule has 2 N–H and O–H groups in total. The molecule has 110 valence electrons. The Hall–Kier alpha value is -2.04. The third-order valence-electron chi connectivity index (χ3n) is 3.10. The average Bonchev–Trinajstić information content (AvgIpc) is 2.53. The first-order chi connectivity index (χ1) is 10.2. The van der Waals surface area contributed by atoms with Crippen LogP contribution in [0.25, 0.3) is 0 Å². The van der Waals surface area contributed by atoms with Crippen LogP contribution in [0, 0.1) is 0 Å². The molecule has 2 aromatic rings. The van der Waals surface area contributed by atoms with E-state index in [-0.39, 0.29) is 12.5 Å². The van der Waals surface area contributed by atoms with Crippen LogP contribution >= 0.6 is 11.6 Å². The molecule has 5 heteroatoms. The minimum atomic E-state index is -0.458. The topological polar surface area (TPSA) is 58.6 Å². The molecule has 1 unspecified atom stereocenters. The molecule has 0 aromatic heterocycles. The maximum Gasteiger partial charge on any atom is 0.251 e. The number of aliphatic hydroxyl groups excluding tert-OH is 1. The van der Waals surface area contributed by atoms with Crippen LogP contribution in [0.15, 0.2) is 48.5 Å². The van der Waals surface area contributed by atoms with Crippen molar-refractivity contribution in [3.05, 3.63) is 64.7 Å². The first-order valence-electron chi connectivity index (χ1n) is 6.46. The van der Waals surface area contributed by atoms with Gasteiger partial charge in [0.25, 0.3) is 5.91 Å². The highest BCUT2D eigenvalue weighted by Crippen LogP contribution is 2.25. The van der Waals surface area contributed by atoms with E-state index < -0.39 is 6.04 Å². The molecule has 1 amide bonds. The van der Waals surface area contributed by atoms with E-state index in [1.807, 2.05) is 30.3 Å². The van der Waals surface area contributed by atoms with Crippen LogP contribution in [0.3, 0.4) is 0 Å². The summed E-state index contributed by atoms with van der Waals surface area (Å²) in [6, 6.07) is 13.6. The number of hydrogen-bond acceptors (Lipinski definition) is 3. The first kappa shape index (κ1) is 15.4. The lowest BCUT2D eigenvalue weighted by atomic mass is 10.1. The largest absolute Gasteiger partial charge is 0.495 e. The lowest BCUT2D eigenvalue weighted by Gasteiger charge is -2.17. The summed E-state index contributed by atoms with van der Waals surface area (Å²) in [6.07, 6.45) is 0. The van der Waals surface area contributed by atoms with Crippen LogP contribution in [0.4, 0.5) is 0 Å². The van der Waals surface area contributed by atoms with Gasteiger partial charge in [-0.1, -0.05) is 41.9 Å². The van der Waals surface area contributed by atoms with E-state index in [1.54, 1.807) is 18.2 Å². The molecule has 2 rings (SSSR count). The van der Waals surface area contributed by atoms with Gasteiger partial charge in [0.2, 0.25) is 0 Å². The number of carbonyl (C=O) groups is 1. The van der Waals surface area contributed by atoms with Crippen molar-refractivity contribution in [2.75, 3.05) is 13.7 Å². The molecule has 0 bridgehead atoms. The summed E-state index contributed by atoms with van der Waals surface area (Å²) in [4.78, 5) is 12.2. The summed E-state index contributed by atoms with van der Waals surface area (Å²) in [6.45, 7) is -0.180. The van der Waals surface area contributed by atoms with Crippen molar-refractivity contribution in [2.45, 2.75) is 6.04 Å². The van der Waals surface area contributed by atoms with Crippen molar-refractivity contribution < 1.29 is 14.6 Å². The van der Waals surface area contributed by atoms with Crippen molar-refractivity contribution in [3.8, 4) is 5.75 Å². The summed E-state index contributed by atoms with van der Waals surface area (Å²) in [5.74, 6) is 0.137. The number of rotatable bonds is 5. The van der Waals surface area contributed by atoms with Crippen LogP contribution in [-0.2, 0) is 0 Å². The highest BCUT2D eigenvalue weighted by Gasteiger charge is 2.15. The number of aliphatic hydroxyl groups is 1. The number of hydrogen-bond donors (Lipinski definition) is 2. The summed E-state index contributed by atoms with van der Waals surface area (Å²) in [7, 11) is 1.49. The molecule has 0 spiro atoms. The Balaban J connectivity index is 2.16. The van der Waals surface area contributed by atoms with Crippen LogP contribution in [0.1, 0.15) is 22.0 Å². The number of methoxy groups -OCH3 is 1. The molecule has 0 saturated carbocycles. The quantitative estimate of drug-likeness (QED) is 0.893. The molecule has 1 atom stereocenters. The van der Waals surface area contributed by atoms with Gasteiger partial charge in [-0.2, -0.15) is 0 Å². The van der Waals surface area contributed by atoms with Crippen molar-refractivity contribution in [1.82, 2.24) is 5.32 Å². The second-order valence-electron chi connectivity index (χ2n) is 4.47. The van der Waals surface area contributed by atoms with Crippen molar-refractivity contribution in [3.63, 3.8) is 0 Å². The molecular weight excluding hydrogens is 290 g/mol. The van der Waals surface area contributed by atoms with E-state index in [0.29, 0.717) is 16.3 Å². The molecule has 0 aliphatic carbocycles. The van der Waals surface area contributed by atoms with Crippen LogP contribution in [0.5, 0.6) is 5.75 Å². The summed E-state index contributed by atoms with van der Waals surface area (Å²) in [5.41, 5.74) is 1.26. The third-order valence-corrected chi connectivity index (χ3v) is 3.42. The molecule has 21 heavy (non-hydrogen) atoms. The van der Waals surface area contributed by atoms with Gasteiger partial charge < -0.3 is 15.2 Å². The van der Waals surface area contributed by atoms with Gasteiger partial charge in [-0.05, 0) is 23.8 Å². The van der Waals surface area contributed by atoms with E-state index in [0.717, 1.165) is 5.56 Å². The maximum atomic E-state index is 12.2. The fraction of sp³-hybridized carbons (Fsp3) is 0.188. The number of halogens is 1. The molecule has 0 heterocycles. The first-order valence-corrected chi connectivity index (χ1v) is 6.83. The van der Waals surface area contributed by atoms with Crippen LogP contribution < -0.4 is 10.1 Å². The maximum absolute atomic E-state index is 12.2. The molecule has 0 aliphatic rings. The van der Waals surface area contributed by atoms with Gasteiger partial charge in [0.15, 0.2) is 0 Å². The predicted octanol–water partition coefficient (Wildman–Crippen LogP) is 2.81. The number of carbonyl (C=O) groups excluding carboxylic acids is 1. The smallest absolute Gasteiger partial charge is 0.251 e. The zero-order valence-electron chi connectivity index (χ0n) is 11.5. The monoisotopic (exact) mass is 305 g/mol. The minimum absolute atomic E-state index is 0.180. The lowest BCUT2D eigenvalue weighted by Crippen LogP contribution is -2.30. The van der Waals surface area contributed by atoms with Gasteiger partial charge in [0.1, 0.15) is 5.75 Å². The molecule has 2 aromatic carbocycles. The third kappa shape index (κ3) is 3.74. The van der Waals surface area contributed by atoms with Gasteiger partial charge in [0.05, 0.1) is 24.8 Å². The van der Waals surface area contributed by atoms with Gasteiger partial charge in [-0.25, -0.2) is 0 Å². The molecule has 0 fully saturated rings. The molecule has 0 aliphatic heterocycles. The van der Waals surface area contributed by atoms with E-state index in [9.17, 15) is 9.90 Å². The Kier molecular flexibility index (Phi) is 5.20. The second-order valence-corrected chi connectivity index (χ2v) is 4.88. The van der Waals surface area contributed by atoms with E-state index in [1.165, 1.54) is 7.11 Å². The Morgan fingerprint density at radius 1 is 1.29 bits per heavy atom. The number of nitrogens with one attached hydrogen (secondary N) is 1. The number of ether oxygens (including phenoxy) is 1. The van der Waals surface area contributed by atoms with Gasteiger partial charge >= 0.3 is 0 Å². The molecule has 4 nitrogen and oxygen atoms in total. The summed E-state index contributed by atoms with van der Waals surface area (Å²) >= 11 is 5.93. The second kappa shape index (κ2) is 7.11. The molecular formula is C16H16ClNO3. The summed E-state index contributed by atoms with van der Waals surface area (Å²) in [5, 5.41) is 12.7. The predicted molar refractivity (Wildman–Crippen MR) is 81.7 cm³/mol. The zero-order chi connectivity index (χ0) is 15.2. The number of amides is 1. The van der Waals surface area contributed by atoms with Gasteiger partial charge in [0, 0.05) is 5.56 Å². The SMILES string of the molecule is COc1cc(C(=O)NC(CO)c2ccccc2)ccc1Cl. The van der Waals surface area contributed by atoms with Gasteiger partial charge in [-0.3, -0.25) is 4.79 Å². The lowest BCUT2D eigenvalue weighted by molar-refractivity contribution is 0.0916. The molecule has 0 saturated heterocycles. The van der Waals surface area contributed by atoms with Crippen LogP contribution in [0.2, 0.25) is 5.02 Å². The average molecular weight is 306 g/mol. The van der Waals surface area contributed by atoms with Crippen molar-refractivity contribution in [1.29, 1.82) is 0 Å². The fourth-order valence-corrected chi connectivity index (χ4v) is 2.16. The Bertz CT molecular complexity index is 616. The van der Waals surface area contributed by atoms with E-state index in [4.69, 9.17) is 16.3 Å². The van der Waals surface area contributed by atoms with E-state index >= 15 is 0 Å². The Morgan fingerprint density at radius 2 is 2.00 bits per heavy atom. The zero-order valence-corrected chi connectivity index (χ0v) is 12.3. The Morgan fingerprint density at radius 3 is 2.62 bits per heavy atom. The van der Waals surface area contributed by atoms with Crippen molar-refractivity contribution in [2.24, 2.45) is 0 Å². The standard InChI is InChI=1S/C16H16ClNO3/c1-21-15-9-12(7-8-13(15)17)16(20)18-14(10-19)11-5-3-2-4-6-11/h2-9,14,19H,10H2,1H3,(H,18,20). The Labute approximate surface area is 128 Å². The van der Waals surface area contributed by atoms with E-state index in [2.05, 4.69) is 5.32 Å². The highest BCUT2D eigenvalue weighted by molar-refractivity contribution is 6.32.